The number of benzene rings is 1. The second-order valence-electron chi connectivity index (χ2n) is 4.85. The highest BCUT2D eigenvalue weighted by Gasteiger charge is 2.15. The summed E-state index contributed by atoms with van der Waals surface area (Å²) in [6.45, 7) is 0.474. The smallest absolute Gasteiger partial charge is 0.172 e. The predicted octanol–water partition coefficient (Wildman–Crippen LogP) is 3.72. The number of nitrogens with zero attached hydrogens (tertiary/aromatic N) is 1. The van der Waals surface area contributed by atoms with E-state index in [1.807, 2.05) is 0 Å². The van der Waals surface area contributed by atoms with Gasteiger partial charge in [-0.1, -0.05) is 18.2 Å². The number of rotatable bonds is 4. The second kappa shape index (κ2) is 5.75. The van der Waals surface area contributed by atoms with Gasteiger partial charge in [0.15, 0.2) is 6.29 Å². The molecule has 4 heteroatoms. The number of hydrogen-bond donors (Lipinski definition) is 0. The SMILES string of the molecule is O=Cc1ncc(Br)cc1OCc1cccc2c1CCC2. The quantitative estimate of drug-likeness (QED) is 0.801. The van der Waals surface area contributed by atoms with Crippen LogP contribution in [0.15, 0.2) is 34.9 Å². The molecule has 0 saturated heterocycles. The lowest BCUT2D eigenvalue weighted by atomic mass is 10.0. The molecular weight excluding hydrogens is 318 g/mol. The number of pyridine rings is 1. The first-order valence-electron chi connectivity index (χ1n) is 6.61. The first-order chi connectivity index (χ1) is 9.78. The van der Waals surface area contributed by atoms with E-state index in [0.29, 0.717) is 18.1 Å². The van der Waals surface area contributed by atoms with Crippen molar-refractivity contribution in [1.82, 2.24) is 4.98 Å². The number of aldehydes is 1. The fourth-order valence-corrected chi connectivity index (χ4v) is 2.94. The summed E-state index contributed by atoms with van der Waals surface area (Å²) in [6.07, 6.45) is 5.80. The summed E-state index contributed by atoms with van der Waals surface area (Å²) in [5, 5.41) is 0. The molecule has 0 fully saturated rings. The van der Waals surface area contributed by atoms with Crippen LogP contribution in [0.3, 0.4) is 0 Å². The molecule has 0 bridgehead atoms. The molecule has 0 aliphatic heterocycles. The third-order valence-corrected chi connectivity index (χ3v) is 4.02. The van der Waals surface area contributed by atoms with Crippen LogP contribution in [0.2, 0.25) is 0 Å². The molecule has 1 aromatic heterocycles. The maximum absolute atomic E-state index is 11.0. The first-order valence-corrected chi connectivity index (χ1v) is 7.40. The van der Waals surface area contributed by atoms with Crippen molar-refractivity contribution in [3.05, 3.63) is 57.3 Å². The van der Waals surface area contributed by atoms with E-state index in [0.717, 1.165) is 23.6 Å². The molecule has 20 heavy (non-hydrogen) atoms. The Morgan fingerprint density at radius 1 is 1.35 bits per heavy atom. The minimum absolute atomic E-state index is 0.334. The Balaban J connectivity index is 1.82. The standard InChI is InChI=1S/C16H14BrNO2/c17-13-7-16(15(9-19)18-8-13)20-10-12-5-1-3-11-4-2-6-14(11)12/h1,3,5,7-9H,2,4,6,10H2. The van der Waals surface area contributed by atoms with Crippen LogP contribution in [0.4, 0.5) is 0 Å². The van der Waals surface area contributed by atoms with Gasteiger partial charge >= 0.3 is 0 Å². The van der Waals surface area contributed by atoms with Crippen molar-refractivity contribution in [3.8, 4) is 5.75 Å². The molecule has 3 nitrogen and oxygen atoms in total. The normalized spacial score (nSPS) is 13.1. The molecule has 0 spiro atoms. The number of aromatic nitrogens is 1. The summed E-state index contributed by atoms with van der Waals surface area (Å²) >= 11 is 3.34. The van der Waals surface area contributed by atoms with Gasteiger partial charge in [0.1, 0.15) is 18.1 Å². The first kappa shape index (κ1) is 13.3. The molecule has 102 valence electrons. The topological polar surface area (TPSA) is 39.2 Å². The molecule has 0 amide bonds. The van der Waals surface area contributed by atoms with Crippen molar-refractivity contribution in [1.29, 1.82) is 0 Å². The Bertz CT molecular complexity index is 655. The summed E-state index contributed by atoms with van der Waals surface area (Å²) in [7, 11) is 0. The van der Waals surface area contributed by atoms with E-state index in [2.05, 4.69) is 39.1 Å². The van der Waals surface area contributed by atoms with E-state index in [-0.39, 0.29) is 0 Å². The number of fused-ring (bicyclic) bond motifs is 1. The average molecular weight is 332 g/mol. The number of hydrogen-bond acceptors (Lipinski definition) is 3. The van der Waals surface area contributed by atoms with Gasteiger partial charge in [-0.25, -0.2) is 4.98 Å². The van der Waals surface area contributed by atoms with E-state index in [1.165, 1.54) is 23.1 Å². The van der Waals surface area contributed by atoms with Crippen molar-refractivity contribution in [2.45, 2.75) is 25.9 Å². The Kier molecular flexibility index (Phi) is 3.83. The maximum atomic E-state index is 11.0. The Hall–Kier alpha value is -1.68. The zero-order valence-corrected chi connectivity index (χ0v) is 12.5. The van der Waals surface area contributed by atoms with Gasteiger partial charge < -0.3 is 4.74 Å². The van der Waals surface area contributed by atoms with Gasteiger partial charge in [-0.05, 0) is 57.9 Å². The van der Waals surface area contributed by atoms with Gasteiger partial charge in [0, 0.05) is 10.7 Å². The average Bonchev–Trinajstić information content (AvgIpc) is 2.94. The largest absolute Gasteiger partial charge is 0.486 e. The molecule has 3 rings (SSSR count). The molecule has 0 N–H and O–H groups in total. The fourth-order valence-electron chi connectivity index (χ4n) is 2.62. The van der Waals surface area contributed by atoms with E-state index in [9.17, 15) is 4.79 Å². The van der Waals surface area contributed by atoms with Crippen molar-refractivity contribution in [2.75, 3.05) is 0 Å². The Morgan fingerprint density at radius 3 is 3.10 bits per heavy atom. The minimum atomic E-state index is 0.334. The van der Waals surface area contributed by atoms with Crippen molar-refractivity contribution in [2.24, 2.45) is 0 Å². The lowest BCUT2D eigenvalue weighted by molar-refractivity contribution is 0.111. The molecule has 0 saturated carbocycles. The number of carbonyl (C=O) groups excluding carboxylic acids is 1. The van der Waals surface area contributed by atoms with E-state index >= 15 is 0 Å². The monoisotopic (exact) mass is 331 g/mol. The zero-order valence-electron chi connectivity index (χ0n) is 10.9. The third-order valence-electron chi connectivity index (χ3n) is 3.59. The third kappa shape index (κ3) is 2.61. The molecular formula is C16H14BrNO2. The molecule has 1 aliphatic carbocycles. The summed E-state index contributed by atoms with van der Waals surface area (Å²) in [5.41, 5.74) is 4.37. The lowest BCUT2D eigenvalue weighted by Gasteiger charge is -2.11. The van der Waals surface area contributed by atoms with Crippen LogP contribution < -0.4 is 4.74 Å². The van der Waals surface area contributed by atoms with E-state index in [4.69, 9.17) is 4.74 Å². The molecule has 2 aromatic rings. The summed E-state index contributed by atoms with van der Waals surface area (Å²) in [5.74, 6) is 0.518. The van der Waals surface area contributed by atoms with Crippen LogP contribution in [-0.2, 0) is 19.4 Å². The zero-order chi connectivity index (χ0) is 13.9. The number of aryl methyl sites for hydroxylation is 1. The molecule has 0 radical (unpaired) electrons. The van der Waals surface area contributed by atoms with Gasteiger partial charge in [0.2, 0.25) is 0 Å². The van der Waals surface area contributed by atoms with Gasteiger partial charge in [-0.15, -0.1) is 0 Å². The van der Waals surface area contributed by atoms with Gasteiger partial charge in [0.25, 0.3) is 0 Å². The number of halogens is 1. The Morgan fingerprint density at radius 2 is 2.25 bits per heavy atom. The highest BCUT2D eigenvalue weighted by atomic mass is 79.9. The molecule has 1 aliphatic rings. The van der Waals surface area contributed by atoms with Crippen molar-refractivity contribution < 1.29 is 9.53 Å². The summed E-state index contributed by atoms with van der Waals surface area (Å²) < 4.78 is 6.60. The molecule has 0 unspecified atom stereocenters. The highest BCUT2D eigenvalue weighted by Crippen LogP contribution is 2.27. The predicted molar refractivity (Wildman–Crippen MR) is 80.1 cm³/mol. The van der Waals surface area contributed by atoms with Crippen molar-refractivity contribution >= 4 is 22.2 Å². The van der Waals surface area contributed by atoms with Gasteiger partial charge in [-0.3, -0.25) is 4.79 Å². The van der Waals surface area contributed by atoms with Crippen LogP contribution in [0.25, 0.3) is 0 Å². The Labute approximate surface area is 126 Å². The van der Waals surface area contributed by atoms with Crippen molar-refractivity contribution in [3.63, 3.8) is 0 Å². The second-order valence-corrected chi connectivity index (χ2v) is 5.77. The minimum Gasteiger partial charge on any atom is -0.486 e. The highest BCUT2D eigenvalue weighted by molar-refractivity contribution is 9.10. The lowest BCUT2D eigenvalue weighted by Crippen LogP contribution is -2.02. The van der Waals surface area contributed by atoms with Crippen LogP contribution in [0.5, 0.6) is 5.75 Å². The molecule has 1 aromatic carbocycles. The fraction of sp³-hybridized carbons (Fsp3) is 0.250. The van der Waals surface area contributed by atoms with Crippen LogP contribution in [0.1, 0.15) is 33.6 Å². The number of carbonyl (C=O) groups is 1. The van der Waals surface area contributed by atoms with Gasteiger partial charge in [-0.2, -0.15) is 0 Å². The van der Waals surface area contributed by atoms with Crippen LogP contribution in [0, 0.1) is 0 Å². The van der Waals surface area contributed by atoms with Gasteiger partial charge in [0.05, 0.1) is 0 Å². The van der Waals surface area contributed by atoms with E-state index < -0.39 is 0 Å². The molecule has 0 atom stereocenters. The summed E-state index contributed by atoms with van der Waals surface area (Å²) in [4.78, 5) is 15.0. The molecule has 1 heterocycles. The summed E-state index contributed by atoms with van der Waals surface area (Å²) in [6, 6.07) is 8.13. The number of ether oxygens (including phenoxy) is 1. The van der Waals surface area contributed by atoms with Crippen LogP contribution in [-0.4, -0.2) is 11.3 Å². The maximum Gasteiger partial charge on any atom is 0.172 e. The van der Waals surface area contributed by atoms with E-state index in [1.54, 1.807) is 12.3 Å². The van der Waals surface area contributed by atoms with Crippen LogP contribution >= 0.6 is 15.9 Å².